The number of rotatable bonds is 4. The molecule has 2 nitrogen and oxygen atoms in total. The van der Waals surface area contributed by atoms with E-state index in [1.807, 2.05) is 0 Å². The predicted octanol–water partition coefficient (Wildman–Crippen LogP) is 4.52. The van der Waals surface area contributed by atoms with E-state index in [1.165, 1.54) is 43.7 Å². The van der Waals surface area contributed by atoms with E-state index < -0.39 is 0 Å². The molecule has 0 amide bonds. The first-order valence-electron chi connectivity index (χ1n) is 8.50. The molecule has 1 aliphatic rings. The van der Waals surface area contributed by atoms with Crippen molar-refractivity contribution in [1.82, 2.24) is 4.90 Å². The van der Waals surface area contributed by atoms with Crippen LogP contribution in [0.4, 0.5) is 5.69 Å². The minimum Gasteiger partial charge on any atom is -0.382 e. The Balaban J connectivity index is 2.07. The van der Waals surface area contributed by atoms with E-state index >= 15 is 0 Å². The Kier molecular flexibility index (Phi) is 5.32. The first-order valence-corrected chi connectivity index (χ1v) is 8.50. The molecule has 1 fully saturated rings. The SMILES string of the molecule is CCN1CCCC(C(C)Nc2ccccc2C(C)(C)C)C1. The summed E-state index contributed by atoms with van der Waals surface area (Å²) in [7, 11) is 0. The number of nitrogens with one attached hydrogen (secondary N) is 1. The molecule has 1 aliphatic heterocycles. The van der Waals surface area contributed by atoms with Gasteiger partial charge in [-0.25, -0.2) is 0 Å². The molecule has 1 aromatic rings. The van der Waals surface area contributed by atoms with E-state index in [0.29, 0.717) is 6.04 Å². The first-order chi connectivity index (χ1) is 9.91. The largest absolute Gasteiger partial charge is 0.382 e. The van der Waals surface area contributed by atoms with Crippen molar-refractivity contribution < 1.29 is 0 Å². The van der Waals surface area contributed by atoms with E-state index in [2.05, 4.69) is 69.1 Å². The molecule has 1 aromatic carbocycles. The summed E-state index contributed by atoms with van der Waals surface area (Å²) < 4.78 is 0. The van der Waals surface area contributed by atoms with Crippen molar-refractivity contribution in [2.24, 2.45) is 5.92 Å². The van der Waals surface area contributed by atoms with Gasteiger partial charge in [0.1, 0.15) is 0 Å². The molecule has 1 N–H and O–H groups in total. The second-order valence-electron chi connectivity index (χ2n) is 7.52. The molecule has 2 heteroatoms. The molecule has 118 valence electrons. The van der Waals surface area contributed by atoms with Crippen LogP contribution in [0.3, 0.4) is 0 Å². The fraction of sp³-hybridized carbons (Fsp3) is 0.684. The van der Waals surface area contributed by atoms with Crippen LogP contribution in [0.5, 0.6) is 0 Å². The van der Waals surface area contributed by atoms with Crippen LogP contribution in [0.15, 0.2) is 24.3 Å². The van der Waals surface area contributed by atoms with Gasteiger partial charge in [-0.2, -0.15) is 0 Å². The Bertz CT molecular complexity index is 447. The minimum atomic E-state index is 0.186. The van der Waals surface area contributed by atoms with Crippen LogP contribution in [0.1, 0.15) is 53.0 Å². The Morgan fingerprint density at radius 1 is 1.29 bits per heavy atom. The molecule has 2 rings (SSSR count). The zero-order valence-electron chi connectivity index (χ0n) is 14.4. The van der Waals surface area contributed by atoms with Crippen molar-refractivity contribution in [3.05, 3.63) is 29.8 Å². The zero-order valence-corrected chi connectivity index (χ0v) is 14.4. The van der Waals surface area contributed by atoms with Crippen LogP contribution in [-0.4, -0.2) is 30.6 Å². The average Bonchev–Trinajstić information content (AvgIpc) is 2.46. The first kappa shape index (κ1) is 16.4. The van der Waals surface area contributed by atoms with Crippen molar-refractivity contribution in [2.45, 2.75) is 58.9 Å². The second kappa shape index (κ2) is 6.83. The van der Waals surface area contributed by atoms with Crippen molar-refractivity contribution in [3.63, 3.8) is 0 Å². The maximum atomic E-state index is 3.80. The van der Waals surface area contributed by atoms with Crippen LogP contribution in [0.25, 0.3) is 0 Å². The fourth-order valence-corrected chi connectivity index (χ4v) is 3.41. The summed E-state index contributed by atoms with van der Waals surface area (Å²) in [5.41, 5.74) is 2.91. The van der Waals surface area contributed by atoms with Gasteiger partial charge in [0.2, 0.25) is 0 Å². The van der Waals surface area contributed by atoms with Gasteiger partial charge in [0.15, 0.2) is 0 Å². The Morgan fingerprint density at radius 2 is 2.00 bits per heavy atom. The topological polar surface area (TPSA) is 15.3 Å². The van der Waals surface area contributed by atoms with Crippen molar-refractivity contribution in [3.8, 4) is 0 Å². The normalized spacial score (nSPS) is 22.0. The highest BCUT2D eigenvalue weighted by Crippen LogP contribution is 2.31. The number of anilines is 1. The lowest BCUT2D eigenvalue weighted by atomic mass is 9.85. The average molecular weight is 288 g/mol. The summed E-state index contributed by atoms with van der Waals surface area (Å²) >= 11 is 0. The third-order valence-electron chi connectivity index (χ3n) is 4.81. The number of para-hydroxylation sites is 1. The lowest BCUT2D eigenvalue weighted by Gasteiger charge is -2.36. The predicted molar refractivity (Wildman–Crippen MR) is 93.1 cm³/mol. The summed E-state index contributed by atoms with van der Waals surface area (Å²) in [6.45, 7) is 15.2. The molecule has 0 aromatic heterocycles. The van der Waals surface area contributed by atoms with Gasteiger partial charge in [-0.15, -0.1) is 0 Å². The molecule has 1 saturated heterocycles. The van der Waals surface area contributed by atoms with Crippen molar-refractivity contribution in [1.29, 1.82) is 0 Å². The van der Waals surface area contributed by atoms with Gasteiger partial charge >= 0.3 is 0 Å². The standard InChI is InChI=1S/C19H32N2/c1-6-21-13-9-10-16(14-21)15(2)20-18-12-8-7-11-17(18)19(3,4)5/h7-8,11-12,15-16,20H,6,9-10,13-14H2,1-5H3. The molecule has 0 radical (unpaired) electrons. The zero-order chi connectivity index (χ0) is 15.5. The molecular weight excluding hydrogens is 256 g/mol. The minimum absolute atomic E-state index is 0.186. The molecule has 2 atom stereocenters. The highest BCUT2D eigenvalue weighted by atomic mass is 15.1. The van der Waals surface area contributed by atoms with E-state index in [4.69, 9.17) is 0 Å². The maximum absolute atomic E-state index is 3.80. The fourth-order valence-electron chi connectivity index (χ4n) is 3.41. The molecular formula is C19H32N2. The van der Waals surface area contributed by atoms with Gasteiger partial charge in [-0.3, -0.25) is 0 Å². The molecule has 0 saturated carbocycles. The van der Waals surface area contributed by atoms with Crippen molar-refractivity contribution >= 4 is 5.69 Å². The summed E-state index contributed by atoms with van der Waals surface area (Å²) in [5, 5.41) is 3.80. The Morgan fingerprint density at radius 3 is 2.67 bits per heavy atom. The number of hydrogen-bond donors (Lipinski definition) is 1. The lowest BCUT2D eigenvalue weighted by Crippen LogP contribution is -2.41. The summed E-state index contributed by atoms with van der Waals surface area (Å²) in [4.78, 5) is 2.59. The van der Waals surface area contributed by atoms with Crippen LogP contribution in [0, 0.1) is 5.92 Å². The van der Waals surface area contributed by atoms with E-state index in [-0.39, 0.29) is 5.41 Å². The quantitative estimate of drug-likeness (QED) is 0.876. The van der Waals surface area contributed by atoms with Crippen LogP contribution >= 0.6 is 0 Å². The van der Waals surface area contributed by atoms with E-state index in [0.717, 1.165) is 5.92 Å². The molecule has 0 spiro atoms. The molecule has 2 unspecified atom stereocenters. The second-order valence-corrected chi connectivity index (χ2v) is 7.52. The summed E-state index contributed by atoms with van der Waals surface area (Å²) in [5.74, 6) is 0.756. The Labute approximate surface area is 130 Å². The third-order valence-corrected chi connectivity index (χ3v) is 4.81. The monoisotopic (exact) mass is 288 g/mol. The van der Waals surface area contributed by atoms with Gasteiger partial charge in [0.25, 0.3) is 0 Å². The van der Waals surface area contributed by atoms with Crippen LogP contribution < -0.4 is 5.32 Å². The Hall–Kier alpha value is -1.02. The number of piperidine rings is 1. The maximum Gasteiger partial charge on any atom is 0.0380 e. The van der Waals surface area contributed by atoms with E-state index in [9.17, 15) is 0 Å². The molecule has 21 heavy (non-hydrogen) atoms. The van der Waals surface area contributed by atoms with Crippen molar-refractivity contribution in [2.75, 3.05) is 25.0 Å². The number of likely N-dealkylation sites (tertiary alicyclic amines) is 1. The van der Waals surface area contributed by atoms with Gasteiger partial charge in [-0.05, 0) is 55.8 Å². The van der Waals surface area contributed by atoms with Gasteiger partial charge in [0, 0.05) is 18.3 Å². The van der Waals surface area contributed by atoms with Gasteiger partial charge in [0.05, 0.1) is 0 Å². The highest BCUT2D eigenvalue weighted by Gasteiger charge is 2.25. The number of hydrogen-bond acceptors (Lipinski definition) is 2. The lowest BCUT2D eigenvalue weighted by molar-refractivity contribution is 0.172. The summed E-state index contributed by atoms with van der Waals surface area (Å²) in [6.07, 6.45) is 2.69. The van der Waals surface area contributed by atoms with Crippen LogP contribution in [0.2, 0.25) is 0 Å². The molecule has 0 bridgehead atoms. The molecule has 0 aliphatic carbocycles. The highest BCUT2D eigenvalue weighted by molar-refractivity contribution is 5.54. The number of benzene rings is 1. The third kappa shape index (κ3) is 4.23. The van der Waals surface area contributed by atoms with Crippen LogP contribution in [-0.2, 0) is 5.41 Å². The summed E-state index contributed by atoms with van der Waals surface area (Å²) in [6, 6.07) is 9.31. The smallest absolute Gasteiger partial charge is 0.0380 e. The van der Waals surface area contributed by atoms with Gasteiger partial charge < -0.3 is 10.2 Å². The number of nitrogens with zero attached hydrogens (tertiary/aromatic N) is 1. The van der Waals surface area contributed by atoms with E-state index in [1.54, 1.807) is 0 Å². The molecule has 1 heterocycles. The van der Waals surface area contributed by atoms with Gasteiger partial charge in [-0.1, -0.05) is 45.9 Å².